The highest BCUT2D eigenvalue weighted by Gasteiger charge is 2.51. The third-order valence-corrected chi connectivity index (χ3v) is 11.3. The van der Waals surface area contributed by atoms with Gasteiger partial charge >= 0.3 is 0 Å². The van der Waals surface area contributed by atoms with Gasteiger partial charge in [0.15, 0.2) is 0 Å². The van der Waals surface area contributed by atoms with E-state index in [2.05, 4.69) is 33.4 Å². The van der Waals surface area contributed by atoms with Crippen LogP contribution in [0.2, 0.25) is 0 Å². The van der Waals surface area contributed by atoms with Crippen molar-refractivity contribution in [2.24, 2.45) is 23.7 Å². The number of hydrogen-bond donors (Lipinski definition) is 1. The molecular formula is C33H44BrN3O4S. The second kappa shape index (κ2) is 12.3. The first-order valence-corrected chi connectivity index (χ1v) is 17.9. The molecular weight excluding hydrogens is 614 g/mol. The summed E-state index contributed by atoms with van der Waals surface area (Å²) in [6.07, 6.45) is 8.92. The van der Waals surface area contributed by atoms with Crippen LogP contribution in [0.5, 0.6) is 0 Å². The maximum Gasteiger partial charge on any atom is 0.244 e. The van der Waals surface area contributed by atoms with Crippen LogP contribution in [0.25, 0.3) is 0 Å². The zero-order valence-electron chi connectivity index (χ0n) is 25.2. The summed E-state index contributed by atoms with van der Waals surface area (Å²) < 4.78 is 28.2. The molecule has 2 aromatic rings. The van der Waals surface area contributed by atoms with Gasteiger partial charge in [-0.05, 0) is 110 Å². The van der Waals surface area contributed by atoms with Crippen molar-refractivity contribution in [1.82, 2.24) is 10.2 Å². The summed E-state index contributed by atoms with van der Waals surface area (Å²) in [6.45, 7) is 6.01. The zero-order chi connectivity index (χ0) is 30.2. The monoisotopic (exact) mass is 657 g/mol. The van der Waals surface area contributed by atoms with Crippen molar-refractivity contribution in [1.29, 1.82) is 0 Å². The molecule has 0 heterocycles. The fourth-order valence-corrected chi connectivity index (χ4v) is 8.99. The first-order valence-electron chi connectivity index (χ1n) is 15.2. The van der Waals surface area contributed by atoms with E-state index in [1.165, 1.54) is 53.3 Å². The van der Waals surface area contributed by atoms with Gasteiger partial charge in [-0.1, -0.05) is 54.0 Å². The molecule has 0 spiro atoms. The number of halogens is 1. The highest BCUT2D eigenvalue weighted by atomic mass is 79.9. The largest absolute Gasteiger partial charge is 0.354 e. The maximum atomic E-state index is 13.9. The molecule has 0 radical (unpaired) electrons. The molecule has 1 N–H and O–H groups in total. The Morgan fingerprint density at radius 3 is 1.98 bits per heavy atom. The predicted octanol–water partition coefficient (Wildman–Crippen LogP) is 5.87. The van der Waals surface area contributed by atoms with Gasteiger partial charge in [-0.3, -0.25) is 13.9 Å². The van der Waals surface area contributed by atoms with E-state index in [0.29, 0.717) is 12.2 Å². The average Bonchev–Trinajstić information content (AvgIpc) is 2.92. The highest BCUT2D eigenvalue weighted by Crippen LogP contribution is 2.60. The second-order valence-electron chi connectivity index (χ2n) is 13.5. The Morgan fingerprint density at radius 2 is 1.48 bits per heavy atom. The van der Waals surface area contributed by atoms with Gasteiger partial charge in [0.05, 0.1) is 11.9 Å². The molecule has 4 aliphatic rings. The highest BCUT2D eigenvalue weighted by molar-refractivity contribution is 9.10. The molecule has 2 aromatic carbocycles. The molecule has 4 aliphatic carbocycles. The molecule has 4 bridgehead atoms. The Balaban J connectivity index is 1.37. The van der Waals surface area contributed by atoms with E-state index in [-0.39, 0.29) is 30.3 Å². The summed E-state index contributed by atoms with van der Waals surface area (Å²) in [5.74, 6) is 2.02. The minimum absolute atomic E-state index is 0.185. The lowest BCUT2D eigenvalue weighted by molar-refractivity contribution is -0.139. The summed E-state index contributed by atoms with van der Waals surface area (Å²) in [6, 6.07) is 14.7. The summed E-state index contributed by atoms with van der Waals surface area (Å²) in [5.41, 5.74) is 2.83. The van der Waals surface area contributed by atoms with Gasteiger partial charge in [-0.2, -0.15) is 0 Å². The van der Waals surface area contributed by atoms with E-state index in [4.69, 9.17) is 0 Å². The molecule has 4 saturated carbocycles. The smallest absolute Gasteiger partial charge is 0.244 e. The van der Waals surface area contributed by atoms with Crippen molar-refractivity contribution in [2.45, 2.75) is 77.3 Å². The van der Waals surface area contributed by atoms with E-state index < -0.39 is 22.0 Å². The Labute approximate surface area is 259 Å². The fraction of sp³-hybridized carbons (Fsp3) is 0.576. The molecule has 1 unspecified atom stereocenters. The number of benzene rings is 2. The van der Waals surface area contributed by atoms with Crippen LogP contribution in [0.1, 0.15) is 70.4 Å². The molecule has 1 atom stereocenters. The van der Waals surface area contributed by atoms with Gasteiger partial charge in [0.1, 0.15) is 12.6 Å². The normalized spacial score (nSPS) is 25.3. The average molecular weight is 659 g/mol. The quantitative estimate of drug-likeness (QED) is 0.327. The number of carbonyl (C=O) groups is 2. The number of sulfonamides is 1. The summed E-state index contributed by atoms with van der Waals surface area (Å²) in [4.78, 5) is 28.4. The van der Waals surface area contributed by atoms with Crippen LogP contribution in [0.15, 0.2) is 53.0 Å². The number of anilines is 1. The summed E-state index contributed by atoms with van der Waals surface area (Å²) >= 11 is 3.44. The van der Waals surface area contributed by atoms with Crippen molar-refractivity contribution in [3.05, 3.63) is 64.1 Å². The number of carbonyl (C=O) groups excluding carboxylic acids is 2. The van der Waals surface area contributed by atoms with Crippen LogP contribution in [-0.4, -0.2) is 50.5 Å². The van der Waals surface area contributed by atoms with Crippen LogP contribution in [0, 0.1) is 23.7 Å². The molecule has 4 fully saturated rings. The first-order chi connectivity index (χ1) is 19.8. The van der Waals surface area contributed by atoms with Gasteiger partial charge in [0.25, 0.3) is 0 Å². The van der Waals surface area contributed by atoms with Crippen LogP contribution in [-0.2, 0) is 31.6 Å². The molecule has 228 valence electrons. The third kappa shape index (κ3) is 6.88. The lowest BCUT2D eigenvalue weighted by Gasteiger charge is -2.57. The van der Waals surface area contributed by atoms with Crippen LogP contribution >= 0.6 is 15.9 Å². The molecule has 0 saturated heterocycles. The van der Waals surface area contributed by atoms with Crippen molar-refractivity contribution in [2.75, 3.05) is 23.7 Å². The Morgan fingerprint density at radius 1 is 0.929 bits per heavy atom. The van der Waals surface area contributed by atoms with Crippen LogP contribution in [0.4, 0.5) is 5.69 Å². The van der Waals surface area contributed by atoms with Crippen LogP contribution < -0.4 is 9.62 Å². The van der Waals surface area contributed by atoms with Gasteiger partial charge in [0, 0.05) is 17.6 Å². The predicted molar refractivity (Wildman–Crippen MR) is 170 cm³/mol. The third-order valence-electron chi connectivity index (χ3n) is 9.60. The Kier molecular flexibility index (Phi) is 9.10. The zero-order valence-corrected chi connectivity index (χ0v) is 27.6. The maximum absolute atomic E-state index is 13.9. The topological polar surface area (TPSA) is 86.8 Å². The lowest BCUT2D eigenvalue weighted by atomic mass is 9.48. The van der Waals surface area contributed by atoms with Gasteiger partial charge in [-0.15, -0.1) is 0 Å². The molecule has 2 amide bonds. The minimum atomic E-state index is -3.77. The number of nitrogens with zero attached hydrogens (tertiary/aromatic N) is 2. The van der Waals surface area contributed by atoms with Crippen molar-refractivity contribution in [3.63, 3.8) is 0 Å². The van der Waals surface area contributed by atoms with E-state index in [1.54, 1.807) is 6.92 Å². The summed E-state index contributed by atoms with van der Waals surface area (Å²) in [5, 5.41) is 2.92. The SMILES string of the molecule is CC(C)CNC(=O)C(C)N(Cc1ccc(Br)cc1)C(=O)CN(c1ccc(C23CC4CC(CC(C4)C2)C3)cc1)S(C)(=O)=O. The van der Waals surface area contributed by atoms with Crippen LogP contribution in [0.3, 0.4) is 0 Å². The van der Waals surface area contributed by atoms with Crippen molar-refractivity contribution in [3.8, 4) is 0 Å². The molecule has 42 heavy (non-hydrogen) atoms. The van der Waals surface area contributed by atoms with Gasteiger partial charge in [0.2, 0.25) is 21.8 Å². The van der Waals surface area contributed by atoms with Gasteiger partial charge < -0.3 is 10.2 Å². The summed E-state index contributed by atoms with van der Waals surface area (Å²) in [7, 11) is -3.77. The van der Waals surface area contributed by atoms with Crippen molar-refractivity contribution < 1.29 is 18.0 Å². The van der Waals surface area contributed by atoms with E-state index >= 15 is 0 Å². The lowest BCUT2D eigenvalue weighted by Crippen LogP contribution is -2.51. The second-order valence-corrected chi connectivity index (χ2v) is 16.3. The first kappa shape index (κ1) is 31.0. The fourth-order valence-electron chi connectivity index (χ4n) is 7.88. The molecule has 0 aliphatic heterocycles. The Bertz CT molecular complexity index is 1360. The van der Waals surface area contributed by atoms with E-state index in [0.717, 1.165) is 34.0 Å². The molecule has 9 heteroatoms. The van der Waals surface area contributed by atoms with Gasteiger partial charge in [-0.25, -0.2) is 8.42 Å². The number of nitrogens with one attached hydrogen (secondary N) is 1. The van der Waals surface area contributed by atoms with Crippen molar-refractivity contribution >= 4 is 43.5 Å². The minimum Gasteiger partial charge on any atom is -0.354 e. The molecule has 0 aromatic heterocycles. The number of hydrogen-bond acceptors (Lipinski definition) is 4. The molecule has 6 rings (SSSR count). The standard InChI is InChI=1S/C33H44BrN3O4S/c1-22(2)19-35-32(39)23(3)36(20-24-5-9-29(34)10-6-24)31(38)21-37(42(4,40)41)30-11-7-28(8-12-30)33-16-25-13-26(17-33)15-27(14-25)18-33/h5-12,22-23,25-27H,13-21H2,1-4H3,(H,35,39). The van der Waals surface area contributed by atoms with E-state index in [9.17, 15) is 18.0 Å². The molecule has 7 nitrogen and oxygen atoms in total. The number of amides is 2. The number of rotatable bonds is 11. The Hall–Kier alpha value is -2.39. The van der Waals surface area contributed by atoms with E-state index in [1.807, 2.05) is 50.2 Å².